The Balaban J connectivity index is 2.29. The number of carbonyl (C=O) groups is 1. The van der Waals surface area contributed by atoms with E-state index >= 15 is 0 Å². The zero-order valence-electron chi connectivity index (χ0n) is 14.6. The predicted octanol–water partition coefficient (Wildman–Crippen LogP) is 3.49. The smallest absolute Gasteiger partial charge is 0.262 e. The lowest BCUT2D eigenvalue weighted by Crippen LogP contribution is -2.37. The predicted molar refractivity (Wildman–Crippen MR) is 104 cm³/mol. The molecule has 7 heteroatoms. The number of rotatable bonds is 7. The molecule has 25 heavy (non-hydrogen) atoms. The SMILES string of the molecule is C=CCn1c(SCC(=O)N[C@H](C)C(C)C)nc2ccc(Cl)cc2c1=O. The zero-order chi connectivity index (χ0) is 18.6. The molecule has 134 valence electrons. The van der Waals surface area contributed by atoms with E-state index in [1.54, 1.807) is 24.3 Å². The first kappa shape index (κ1) is 19.5. The molecule has 0 saturated carbocycles. The number of aromatic nitrogens is 2. The van der Waals surface area contributed by atoms with Gasteiger partial charge in [-0.05, 0) is 31.0 Å². The van der Waals surface area contributed by atoms with Crippen LogP contribution in [0.3, 0.4) is 0 Å². The van der Waals surface area contributed by atoms with Crippen LogP contribution in [0.4, 0.5) is 0 Å². The van der Waals surface area contributed by atoms with E-state index in [1.165, 1.54) is 16.3 Å². The molecule has 2 rings (SSSR count). The molecular weight excluding hydrogens is 358 g/mol. The minimum atomic E-state index is -0.189. The summed E-state index contributed by atoms with van der Waals surface area (Å²) < 4.78 is 1.51. The fourth-order valence-electron chi connectivity index (χ4n) is 2.17. The first-order valence-electron chi connectivity index (χ1n) is 8.06. The number of amides is 1. The van der Waals surface area contributed by atoms with E-state index in [9.17, 15) is 9.59 Å². The van der Waals surface area contributed by atoms with E-state index in [-0.39, 0.29) is 23.3 Å². The maximum Gasteiger partial charge on any atom is 0.262 e. The van der Waals surface area contributed by atoms with Crippen LogP contribution in [0.25, 0.3) is 10.9 Å². The van der Waals surface area contributed by atoms with Gasteiger partial charge in [-0.2, -0.15) is 0 Å². The molecule has 0 bridgehead atoms. The Morgan fingerprint density at radius 1 is 1.44 bits per heavy atom. The van der Waals surface area contributed by atoms with Crippen LogP contribution in [0.15, 0.2) is 40.8 Å². The van der Waals surface area contributed by atoms with Crippen LogP contribution in [-0.2, 0) is 11.3 Å². The van der Waals surface area contributed by atoms with Crippen LogP contribution in [0, 0.1) is 5.92 Å². The van der Waals surface area contributed by atoms with Crippen molar-refractivity contribution >= 4 is 40.2 Å². The van der Waals surface area contributed by atoms with Crippen molar-refractivity contribution in [3.05, 3.63) is 46.2 Å². The van der Waals surface area contributed by atoms with Crippen LogP contribution in [-0.4, -0.2) is 27.3 Å². The third-order valence-corrected chi connectivity index (χ3v) is 5.13. The second kappa shape index (κ2) is 8.54. The summed E-state index contributed by atoms with van der Waals surface area (Å²) in [6.07, 6.45) is 1.63. The largest absolute Gasteiger partial charge is 0.353 e. The maximum absolute atomic E-state index is 12.7. The Kier molecular flexibility index (Phi) is 6.67. The highest BCUT2D eigenvalue weighted by molar-refractivity contribution is 7.99. The number of hydrogen-bond donors (Lipinski definition) is 1. The normalized spacial score (nSPS) is 12.4. The fourth-order valence-corrected chi connectivity index (χ4v) is 3.16. The highest BCUT2D eigenvalue weighted by Crippen LogP contribution is 2.20. The topological polar surface area (TPSA) is 64.0 Å². The van der Waals surface area contributed by atoms with Crippen LogP contribution in [0.1, 0.15) is 20.8 Å². The van der Waals surface area contributed by atoms with Gasteiger partial charge in [-0.15, -0.1) is 6.58 Å². The molecule has 0 aliphatic heterocycles. The van der Waals surface area contributed by atoms with Gasteiger partial charge in [0.15, 0.2) is 5.16 Å². The molecule has 1 amide bonds. The number of halogens is 1. The van der Waals surface area contributed by atoms with Crippen LogP contribution in [0.2, 0.25) is 5.02 Å². The van der Waals surface area contributed by atoms with E-state index in [0.717, 1.165) is 0 Å². The van der Waals surface area contributed by atoms with Crippen molar-refractivity contribution in [2.24, 2.45) is 5.92 Å². The van der Waals surface area contributed by atoms with Crippen molar-refractivity contribution in [3.63, 3.8) is 0 Å². The molecule has 0 spiro atoms. The second-order valence-electron chi connectivity index (χ2n) is 6.15. The first-order valence-corrected chi connectivity index (χ1v) is 9.43. The Morgan fingerprint density at radius 2 is 2.16 bits per heavy atom. The van der Waals surface area contributed by atoms with Crippen molar-refractivity contribution in [1.82, 2.24) is 14.9 Å². The summed E-state index contributed by atoms with van der Waals surface area (Å²) in [5, 5.41) is 4.38. The van der Waals surface area contributed by atoms with Crippen molar-refractivity contribution in [1.29, 1.82) is 0 Å². The number of nitrogens with zero attached hydrogens (tertiary/aromatic N) is 2. The summed E-state index contributed by atoms with van der Waals surface area (Å²) in [6.45, 7) is 10.1. The first-order chi connectivity index (χ1) is 11.8. The summed E-state index contributed by atoms with van der Waals surface area (Å²) in [6, 6.07) is 5.11. The molecule has 0 unspecified atom stereocenters. The summed E-state index contributed by atoms with van der Waals surface area (Å²) >= 11 is 7.22. The molecule has 0 fully saturated rings. The molecule has 1 atom stereocenters. The van der Waals surface area contributed by atoms with Gasteiger partial charge in [-0.25, -0.2) is 4.98 Å². The number of carbonyl (C=O) groups excluding carboxylic acids is 1. The summed E-state index contributed by atoms with van der Waals surface area (Å²) in [5.74, 6) is 0.470. The fraction of sp³-hybridized carbons (Fsp3) is 0.389. The van der Waals surface area contributed by atoms with Gasteiger partial charge in [0.1, 0.15) is 0 Å². The van der Waals surface area contributed by atoms with Gasteiger partial charge >= 0.3 is 0 Å². The van der Waals surface area contributed by atoms with Gasteiger partial charge in [0.25, 0.3) is 5.56 Å². The highest BCUT2D eigenvalue weighted by atomic mass is 35.5. The van der Waals surface area contributed by atoms with E-state index < -0.39 is 0 Å². The number of benzene rings is 1. The Bertz CT molecular complexity index is 848. The quantitative estimate of drug-likeness (QED) is 0.454. The lowest BCUT2D eigenvalue weighted by atomic mass is 10.1. The van der Waals surface area contributed by atoms with Gasteiger partial charge in [0, 0.05) is 17.6 Å². The standard InChI is InChI=1S/C18H22ClN3O2S/c1-5-8-22-17(24)14-9-13(19)6-7-15(14)21-18(22)25-10-16(23)20-12(4)11(2)3/h5-7,9,11-12H,1,8,10H2,2-4H3,(H,20,23)/t12-/m1/s1. The van der Waals surface area contributed by atoms with Gasteiger partial charge in [0.2, 0.25) is 5.91 Å². The summed E-state index contributed by atoms with van der Waals surface area (Å²) in [4.78, 5) is 29.3. The Morgan fingerprint density at radius 3 is 2.80 bits per heavy atom. The Hall–Kier alpha value is -1.79. The lowest BCUT2D eigenvalue weighted by molar-refractivity contribution is -0.119. The average Bonchev–Trinajstić information content (AvgIpc) is 2.56. The summed E-state index contributed by atoms with van der Waals surface area (Å²) in [7, 11) is 0. The van der Waals surface area contributed by atoms with E-state index in [4.69, 9.17) is 11.6 Å². The average molecular weight is 380 g/mol. The molecule has 0 saturated heterocycles. The third kappa shape index (κ3) is 4.86. The molecule has 2 aromatic rings. The number of thioether (sulfide) groups is 1. The Labute approximate surface area is 156 Å². The zero-order valence-corrected chi connectivity index (χ0v) is 16.2. The van der Waals surface area contributed by atoms with E-state index in [1.807, 2.05) is 6.92 Å². The molecular formula is C18H22ClN3O2S. The molecule has 0 aliphatic carbocycles. The lowest BCUT2D eigenvalue weighted by Gasteiger charge is -2.17. The molecule has 0 aliphatic rings. The monoisotopic (exact) mass is 379 g/mol. The van der Waals surface area contributed by atoms with Gasteiger partial charge in [-0.1, -0.05) is 43.3 Å². The van der Waals surface area contributed by atoms with E-state index in [0.29, 0.717) is 33.5 Å². The molecule has 5 nitrogen and oxygen atoms in total. The minimum absolute atomic E-state index is 0.0817. The molecule has 0 radical (unpaired) electrons. The van der Waals surface area contributed by atoms with Crippen LogP contribution < -0.4 is 10.9 Å². The minimum Gasteiger partial charge on any atom is -0.353 e. The van der Waals surface area contributed by atoms with E-state index in [2.05, 4.69) is 30.7 Å². The van der Waals surface area contributed by atoms with Crippen molar-refractivity contribution in [3.8, 4) is 0 Å². The molecule has 1 heterocycles. The van der Waals surface area contributed by atoms with Gasteiger partial charge < -0.3 is 5.32 Å². The van der Waals surface area contributed by atoms with Crippen molar-refractivity contribution in [2.45, 2.75) is 38.5 Å². The van der Waals surface area contributed by atoms with Gasteiger partial charge in [-0.3, -0.25) is 14.2 Å². The molecule has 1 aromatic carbocycles. The molecule has 1 aromatic heterocycles. The molecule has 1 N–H and O–H groups in total. The van der Waals surface area contributed by atoms with Gasteiger partial charge in [0.05, 0.1) is 16.7 Å². The van der Waals surface area contributed by atoms with Crippen LogP contribution >= 0.6 is 23.4 Å². The maximum atomic E-state index is 12.7. The number of fused-ring (bicyclic) bond motifs is 1. The summed E-state index contributed by atoms with van der Waals surface area (Å²) in [5.41, 5.74) is 0.374. The van der Waals surface area contributed by atoms with Crippen LogP contribution in [0.5, 0.6) is 0 Å². The number of hydrogen-bond acceptors (Lipinski definition) is 4. The number of allylic oxidation sites excluding steroid dienone is 1. The highest BCUT2D eigenvalue weighted by Gasteiger charge is 2.15. The third-order valence-electron chi connectivity index (χ3n) is 3.91. The van der Waals surface area contributed by atoms with Crippen molar-refractivity contribution in [2.75, 3.05) is 5.75 Å². The van der Waals surface area contributed by atoms with Crippen molar-refractivity contribution < 1.29 is 4.79 Å². The number of nitrogens with one attached hydrogen (secondary N) is 1. The second-order valence-corrected chi connectivity index (χ2v) is 7.53.